The second-order valence-electron chi connectivity index (χ2n) is 3.74. The molecule has 3 heteroatoms. The number of carbonyl (C=O) groups is 1. The van der Waals surface area contributed by atoms with Gasteiger partial charge in [0.05, 0.1) is 5.56 Å². The van der Waals surface area contributed by atoms with Crippen molar-refractivity contribution >= 4 is 5.78 Å². The van der Waals surface area contributed by atoms with Crippen LogP contribution in [0, 0.1) is 11.6 Å². The van der Waals surface area contributed by atoms with Crippen LogP contribution in [0.1, 0.15) is 17.3 Å². The van der Waals surface area contributed by atoms with Crippen molar-refractivity contribution < 1.29 is 13.6 Å². The van der Waals surface area contributed by atoms with Crippen molar-refractivity contribution in [2.24, 2.45) is 0 Å². The smallest absolute Gasteiger partial charge is 0.165 e. The molecule has 0 amide bonds. The predicted octanol–water partition coefficient (Wildman–Crippen LogP) is 3.83. The average molecular weight is 232 g/mol. The third kappa shape index (κ3) is 2.23. The summed E-state index contributed by atoms with van der Waals surface area (Å²) in [7, 11) is 0. The van der Waals surface area contributed by atoms with Gasteiger partial charge in [-0.25, -0.2) is 8.78 Å². The van der Waals surface area contributed by atoms with Crippen molar-refractivity contribution in [2.75, 3.05) is 0 Å². The number of ketones is 1. The molecule has 0 spiro atoms. The van der Waals surface area contributed by atoms with Crippen LogP contribution in [0.15, 0.2) is 42.5 Å². The van der Waals surface area contributed by atoms with E-state index in [9.17, 15) is 13.6 Å². The van der Waals surface area contributed by atoms with Crippen LogP contribution in [0.25, 0.3) is 11.1 Å². The first-order chi connectivity index (χ1) is 8.09. The molecule has 1 nitrogen and oxygen atoms in total. The van der Waals surface area contributed by atoms with E-state index in [1.54, 1.807) is 24.3 Å². The molecule has 0 aromatic heterocycles. The molecule has 0 bridgehead atoms. The molecule has 2 aromatic rings. The number of Topliss-reactive ketones (excluding diaryl/α,β-unsaturated/α-hetero) is 1. The lowest BCUT2D eigenvalue weighted by Crippen LogP contribution is -2.02. The van der Waals surface area contributed by atoms with Crippen LogP contribution in [0.5, 0.6) is 0 Å². The Morgan fingerprint density at radius 3 is 1.94 bits per heavy atom. The fourth-order valence-corrected chi connectivity index (χ4v) is 1.71. The highest BCUT2D eigenvalue weighted by molar-refractivity contribution is 5.95. The molecule has 86 valence electrons. The van der Waals surface area contributed by atoms with Crippen molar-refractivity contribution in [3.8, 4) is 11.1 Å². The summed E-state index contributed by atoms with van der Waals surface area (Å²) in [5.41, 5.74) is 0.649. The molecular weight excluding hydrogens is 222 g/mol. The van der Waals surface area contributed by atoms with Gasteiger partial charge in [0.25, 0.3) is 0 Å². The molecule has 0 unspecified atom stereocenters. The normalized spacial score (nSPS) is 10.3. The summed E-state index contributed by atoms with van der Waals surface area (Å²) in [4.78, 5) is 11.1. The maximum absolute atomic E-state index is 13.6. The topological polar surface area (TPSA) is 17.1 Å². The molecule has 2 aromatic carbocycles. The summed E-state index contributed by atoms with van der Waals surface area (Å²) in [6, 6.07) is 11.2. The van der Waals surface area contributed by atoms with E-state index in [-0.39, 0.29) is 0 Å². The highest BCUT2D eigenvalue weighted by atomic mass is 19.1. The van der Waals surface area contributed by atoms with Crippen LogP contribution >= 0.6 is 0 Å². The van der Waals surface area contributed by atoms with Gasteiger partial charge in [0.2, 0.25) is 0 Å². The minimum absolute atomic E-state index is 0.422. The molecule has 0 aliphatic heterocycles. The first-order valence-electron chi connectivity index (χ1n) is 5.15. The van der Waals surface area contributed by atoms with E-state index in [0.29, 0.717) is 11.1 Å². The number of benzene rings is 2. The second-order valence-corrected chi connectivity index (χ2v) is 3.74. The Morgan fingerprint density at radius 1 is 0.941 bits per heavy atom. The van der Waals surface area contributed by atoms with Crippen molar-refractivity contribution in [3.63, 3.8) is 0 Å². The third-order valence-corrected chi connectivity index (χ3v) is 2.50. The SMILES string of the molecule is CC(=O)c1c(F)cc(-c2ccccc2)cc1F. The lowest BCUT2D eigenvalue weighted by Gasteiger charge is -2.06. The average Bonchev–Trinajstić information content (AvgIpc) is 2.28. The quantitative estimate of drug-likeness (QED) is 0.719. The predicted molar refractivity (Wildman–Crippen MR) is 61.8 cm³/mol. The Kier molecular flexibility index (Phi) is 3.00. The maximum atomic E-state index is 13.6. The minimum atomic E-state index is -0.823. The van der Waals surface area contributed by atoms with Crippen LogP contribution in [-0.2, 0) is 0 Å². The summed E-state index contributed by atoms with van der Waals surface area (Å²) < 4.78 is 27.2. The van der Waals surface area contributed by atoms with E-state index in [0.717, 1.165) is 6.92 Å². The van der Waals surface area contributed by atoms with Crippen LogP contribution < -0.4 is 0 Å². The lowest BCUT2D eigenvalue weighted by molar-refractivity contribution is 0.101. The molecule has 0 saturated carbocycles. The summed E-state index contributed by atoms with van der Waals surface area (Å²) in [6.07, 6.45) is 0. The lowest BCUT2D eigenvalue weighted by atomic mass is 10.0. The monoisotopic (exact) mass is 232 g/mol. The number of carbonyl (C=O) groups excluding carboxylic acids is 1. The molecule has 0 atom stereocenters. The standard InChI is InChI=1S/C14H10F2O/c1-9(17)14-12(15)7-11(8-13(14)16)10-5-3-2-4-6-10/h2-8H,1H3. The Labute approximate surface area is 97.7 Å². The van der Waals surface area contributed by atoms with Crippen molar-refractivity contribution in [1.29, 1.82) is 0 Å². The molecule has 0 aliphatic rings. The minimum Gasteiger partial charge on any atom is -0.294 e. The van der Waals surface area contributed by atoms with Crippen LogP contribution in [-0.4, -0.2) is 5.78 Å². The van der Waals surface area contributed by atoms with Gasteiger partial charge in [-0.05, 0) is 30.2 Å². The Morgan fingerprint density at radius 2 is 1.47 bits per heavy atom. The number of rotatable bonds is 2. The van der Waals surface area contributed by atoms with Crippen molar-refractivity contribution in [3.05, 3.63) is 59.7 Å². The first-order valence-corrected chi connectivity index (χ1v) is 5.15. The molecule has 2 rings (SSSR count). The fraction of sp³-hybridized carbons (Fsp3) is 0.0714. The zero-order chi connectivity index (χ0) is 12.4. The van der Waals surface area contributed by atoms with Gasteiger partial charge in [0, 0.05) is 0 Å². The Balaban J connectivity index is 2.57. The van der Waals surface area contributed by atoms with Gasteiger partial charge in [-0.1, -0.05) is 30.3 Å². The van der Waals surface area contributed by atoms with Gasteiger partial charge in [-0.2, -0.15) is 0 Å². The number of halogens is 2. The zero-order valence-corrected chi connectivity index (χ0v) is 9.21. The Bertz CT molecular complexity index is 539. The van der Waals surface area contributed by atoms with Crippen LogP contribution in [0.3, 0.4) is 0 Å². The van der Waals surface area contributed by atoms with Gasteiger partial charge in [-0.15, -0.1) is 0 Å². The molecule has 0 N–H and O–H groups in total. The molecule has 0 heterocycles. The summed E-state index contributed by atoms with van der Waals surface area (Å²) in [5.74, 6) is -2.26. The van der Waals surface area contributed by atoms with Gasteiger partial charge < -0.3 is 0 Å². The van der Waals surface area contributed by atoms with E-state index in [1.807, 2.05) is 6.07 Å². The van der Waals surface area contributed by atoms with E-state index in [4.69, 9.17) is 0 Å². The number of hydrogen-bond donors (Lipinski definition) is 0. The molecule has 0 fully saturated rings. The summed E-state index contributed by atoms with van der Waals surface area (Å²) in [5, 5.41) is 0. The maximum Gasteiger partial charge on any atom is 0.165 e. The first kappa shape index (κ1) is 11.5. The highest BCUT2D eigenvalue weighted by Crippen LogP contribution is 2.24. The van der Waals surface area contributed by atoms with E-state index >= 15 is 0 Å². The van der Waals surface area contributed by atoms with E-state index in [1.165, 1.54) is 12.1 Å². The second kappa shape index (κ2) is 4.45. The van der Waals surface area contributed by atoms with Gasteiger partial charge in [0.15, 0.2) is 5.78 Å². The van der Waals surface area contributed by atoms with Gasteiger partial charge in [0.1, 0.15) is 11.6 Å². The largest absolute Gasteiger partial charge is 0.294 e. The number of hydrogen-bond acceptors (Lipinski definition) is 1. The summed E-state index contributed by atoms with van der Waals surface area (Å²) >= 11 is 0. The van der Waals surface area contributed by atoms with E-state index < -0.39 is 23.0 Å². The van der Waals surface area contributed by atoms with Gasteiger partial charge in [-0.3, -0.25) is 4.79 Å². The van der Waals surface area contributed by atoms with Crippen molar-refractivity contribution in [1.82, 2.24) is 0 Å². The fourth-order valence-electron chi connectivity index (χ4n) is 1.71. The third-order valence-electron chi connectivity index (χ3n) is 2.50. The molecule has 17 heavy (non-hydrogen) atoms. The molecular formula is C14H10F2O. The molecule has 0 saturated heterocycles. The zero-order valence-electron chi connectivity index (χ0n) is 9.21. The van der Waals surface area contributed by atoms with Crippen molar-refractivity contribution in [2.45, 2.75) is 6.92 Å². The molecule has 0 aliphatic carbocycles. The summed E-state index contributed by atoms with van der Waals surface area (Å²) in [6.45, 7) is 1.14. The van der Waals surface area contributed by atoms with E-state index in [2.05, 4.69) is 0 Å². The van der Waals surface area contributed by atoms with Crippen LogP contribution in [0.4, 0.5) is 8.78 Å². The Hall–Kier alpha value is -2.03. The van der Waals surface area contributed by atoms with Gasteiger partial charge >= 0.3 is 0 Å². The van der Waals surface area contributed by atoms with Crippen LogP contribution in [0.2, 0.25) is 0 Å². The highest BCUT2D eigenvalue weighted by Gasteiger charge is 2.15. The molecule has 0 radical (unpaired) electrons.